The number of hydrogen-bond donors (Lipinski definition) is 1. The van der Waals surface area contributed by atoms with E-state index in [-0.39, 0.29) is 0 Å². The van der Waals surface area contributed by atoms with Gasteiger partial charge in [0.05, 0.1) is 5.69 Å². The van der Waals surface area contributed by atoms with Gasteiger partial charge >= 0.3 is 0 Å². The van der Waals surface area contributed by atoms with E-state index < -0.39 is 0 Å². The molecule has 5 heteroatoms. The molecule has 5 nitrogen and oxygen atoms in total. The van der Waals surface area contributed by atoms with Crippen LogP contribution < -0.4 is 10.5 Å². The molecule has 172 valence electrons. The van der Waals surface area contributed by atoms with Gasteiger partial charge < -0.3 is 15.4 Å². The smallest absolute Gasteiger partial charge is 0.124 e. The summed E-state index contributed by atoms with van der Waals surface area (Å²) in [6.07, 6.45) is 4.48. The highest BCUT2D eigenvalue weighted by Crippen LogP contribution is 2.37. The van der Waals surface area contributed by atoms with Crippen LogP contribution in [-0.2, 0) is 19.3 Å². The lowest BCUT2D eigenvalue weighted by atomic mass is 9.99. The molecule has 0 saturated carbocycles. The maximum Gasteiger partial charge on any atom is 0.124 e. The fourth-order valence-electron chi connectivity index (χ4n) is 5.10. The van der Waals surface area contributed by atoms with Crippen molar-refractivity contribution in [3.8, 4) is 17.0 Å². The lowest BCUT2D eigenvalue weighted by Gasteiger charge is -2.34. The highest BCUT2D eigenvalue weighted by molar-refractivity contribution is 5.69. The molecule has 3 aromatic rings. The Bertz CT molecular complexity index is 1060. The van der Waals surface area contributed by atoms with Crippen molar-refractivity contribution in [3.05, 3.63) is 77.4 Å². The van der Waals surface area contributed by atoms with Crippen LogP contribution in [0, 0.1) is 0 Å². The minimum Gasteiger partial charge on any atom is -0.492 e. The van der Waals surface area contributed by atoms with E-state index in [1.165, 1.54) is 28.7 Å². The maximum absolute atomic E-state index is 6.30. The number of hydrogen-bond acceptors (Lipinski definition) is 5. The molecule has 0 radical (unpaired) electrons. The van der Waals surface area contributed by atoms with Crippen LogP contribution >= 0.6 is 0 Å². The monoisotopic (exact) mass is 442 g/mol. The first-order valence-electron chi connectivity index (χ1n) is 12.3. The fourth-order valence-corrected chi connectivity index (χ4v) is 5.10. The topological polar surface area (TPSA) is 54.6 Å². The van der Waals surface area contributed by atoms with Crippen molar-refractivity contribution in [2.24, 2.45) is 0 Å². The summed E-state index contributed by atoms with van der Waals surface area (Å²) < 4.78 is 6.30. The second kappa shape index (κ2) is 10.4. The number of aromatic nitrogens is 1. The second-order valence-corrected chi connectivity index (χ2v) is 9.14. The summed E-state index contributed by atoms with van der Waals surface area (Å²) in [5, 5.41) is 0. The number of piperazine rings is 1. The van der Waals surface area contributed by atoms with Crippen LogP contribution in [0.15, 0.2) is 60.7 Å². The number of anilines is 1. The molecule has 1 fully saturated rings. The molecule has 0 bridgehead atoms. The van der Waals surface area contributed by atoms with Crippen molar-refractivity contribution in [2.45, 2.75) is 25.7 Å². The van der Waals surface area contributed by atoms with E-state index in [0.717, 1.165) is 76.6 Å². The number of fused-ring (bicyclic) bond motifs is 1. The molecular weight excluding hydrogens is 408 g/mol. The molecule has 2 heterocycles. The van der Waals surface area contributed by atoms with E-state index in [4.69, 9.17) is 10.5 Å². The van der Waals surface area contributed by atoms with Gasteiger partial charge in [-0.3, -0.25) is 4.90 Å². The van der Waals surface area contributed by atoms with Crippen LogP contribution in [-0.4, -0.2) is 60.7 Å². The van der Waals surface area contributed by atoms with Gasteiger partial charge in [0, 0.05) is 44.8 Å². The van der Waals surface area contributed by atoms with Gasteiger partial charge in [-0.2, -0.15) is 0 Å². The van der Waals surface area contributed by atoms with E-state index in [1.54, 1.807) is 0 Å². The third-order valence-corrected chi connectivity index (χ3v) is 6.98. The number of pyridine rings is 1. The SMILES string of the molecule is Nc1cccc(-c2ccc(OCCN3CCN(CCc4ccccc4)CC3)c3c2CCC3)n1. The molecule has 1 aliphatic heterocycles. The largest absolute Gasteiger partial charge is 0.492 e. The number of nitrogens with zero attached hydrogens (tertiary/aromatic N) is 3. The zero-order valence-corrected chi connectivity index (χ0v) is 19.4. The van der Waals surface area contributed by atoms with Gasteiger partial charge in [-0.1, -0.05) is 36.4 Å². The van der Waals surface area contributed by atoms with E-state index in [9.17, 15) is 0 Å². The van der Waals surface area contributed by atoms with Gasteiger partial charge in [0.1, 0.15) is 18.2 Å². The minimum atomic E-state index is 0.569. The summed E-state index contributed by atoms with van der Waals surface area (Å²) in [7, 11) is 0. The summed E-state index contributed by atoms with van der Waals surface area (Å²) in [4.78, 5) is 9.65. The molecule has 1 aromatic heterocycles. The summed E-state index contributed by atoms with van der Waals surface area (Å²) in [5.74, 6) is 1.62. The van der Waals surface area contributed by atoms with E-state index in [1.807, 2.05) is 18.2 Å². The Kier molecular flexibility index (Phi) is 6.89. The molecule has 2 aromatic carbocycles. The zero-order chi connectivity index (χ0) is 22.5. The van der Waals surface area contributed by atoms with Gasteiger partial charge in [-0.25, -0.2) is 4.98 Å². The number of nitrogen functional groups attached to an aromatic ring is 1. The maximum atomic E-state index is 6.30. The number of ether oxygens (including phenoxy) is 1. The van der Waals surface area contributed by atoms with Crippen molar-refractivity contribution in [1.82, 2.24) is 14.8 Å². The summed E-state index contributed by atoms with van der Waals surface area (Å²) in [6.45, 7) is 7.40. The van der Waals surface area contributed by atoms with E-state index >= 15 is 0 Å². The van der Waals surface area contributed by atoms with Crippen LogP contribution in [0.2, 0.25) is 0 Å². The molecule has 2 N–H and O–H groups in total. The molecule has 0 unspecified atom stereocenters. The predicted molar refractivity (Wildman–Crippen MR) is 135 cm³/mol. The Labute approximate surface area is 197 Å². The average Bonchev–Trinajstić information content (AvgIpc) is 3.35. The van der Waals surface area contributed by atoms with Crippen LogP contribution in [0.25, 0.3) is 11.3 Å². The van der Waals surface area contributed by atoms with Gasteiger partial charge in [0.2, 0.25) is 0 Å². The number of rotatable bonds is 8. The Hall–Kier alpha value is -2.89. The van der Waals surface area contributed by atoms with Crippen LogP contribution in [0.4, 0.5) is 5.82 Å². The minimum absolute atomic E-state index is 0.569. The first-order valence-corrected chi connectivity index (χ1v) is 12.3. The van der Waals surface area contributed by atoms with Crippen molar-refractivity contribution in [2.75, 3.05) is 51.6 Å². The van der Waals surface area contributed by atoms with Gasteiger partial charge in [0.15, 0.2) is 0 Å². The standard InChI is InChI=1S/C28H34N4O/c29-28-11-5-10-26(30-28)24-12-13-27(25-9-4-8-23(24)25)33-21-20-32-18-16-31(17-19-32)15-14-22-6-2-1-3-7-22/h1-3,5-7,10-13H,4,8-9,14-21H2,(H2,29,30). The van der Waals surface area contributed by atoms with Crippen molar-refractivity contribution >= 4 is 5.82 Å². The van der Waals surface area contributed by atoms with E-state index in [2.05, 4.69) is 57.2 Å². The average molecular weight is 443 g/mol. The second-order valence-electron chi connectivity index (χ2n) is 9.14. The van der Waals surface area contributed by atoms with Gasteiger partial charge in [0.25, 0.3) is 0 Å². The molecule has 0 amide bonds. The van der Waals surface area contributed by atoms with E-state index in [0.29, 0.717) is 5.82 Å². The highest BCUT2D eigenvalue weighted by Gasteiger charge is 2.21. The molecular formula is C28H34N4O. The summed E-state index contributed by atoms with van der Waals surface area (Å²) in [6, 6.07) is 20.9. The van der Waals surface area contributed by atoms with Gasteiger partial charge in [-0.15, -0.1) is 0 Å². The Balaban J connectivity index is 1.11. The lowest BCUT2D eigenvalue weighted by Crippen LogP contribution is -2.47. The number of nitrogens with two attached hydrogens (primary N) is 1. The molecule has 5 rings (SSSR count). The zero-order valence-electron chi connectivity index (χ0n) is 19.4. The van der Waals surface area contributed by atoms with Crippen LogP contribution in [0.1, 0.15) is 23.1 Å². The van der Waals surface area contributed by atoms with Crippen molar-refractivity contribution in [1.29, 1.82) is 0 Å². The lowest BCUT2D eigenvalue weighted by molar-refractivity contribution is 0.117. The third-order valence-electron chi connectivity index (χ3n) is 6.98. The predicted octanol–water partition coefficient (Wildman–Crippen LogP) is 4.06. The quantitative estimate of drug-likeness (QED) is 0.570. The van der Waals surface area contributed by atoms with Gasteiger partial charge in [-0.05, 0) is 66.6 Å². The summed E-state index contributed by atoms with van der Waals surface area (Å²) >= 11 is 0. The van der Waals surface area contributed by atoms with Crippen molar-refractivity contribution in [3.63, 3.8) is 0 Å². The first-order chi connectivity index (χ1) is 16.3. The Morgan fingerprint density at radius 3 is 2.33 bits per heavy atom. The number of benzene rings is 2. The molecule has 0 spiro atoms. The molecule has 1 aliphatic carbocycles. The van der Waals surface area contributed by atoms with Crippen LogP contribution in [0.5, 0.6) is 5.75 Å². The molecule has 33 heavy (non-hydrogen) atoms. The summed E-state index contributed by atoms with van der Waals surface area (Å²) in [5.41, 5.74) is 12.3. The van der Waals surface area contributed by atoms with Crippen molar-refractivity contribution < 1.29 is 4.74 Å². The molecule has 1 saturated heterocycles. The Morgan fingerprint density at radius 2 is 1.55 bits per heavy atom. The Morgan fingerprint density at radius 1 is 0.788 bits per heavy atom. The fraction of sp³-hybridized carbons (Fsp3) is 0.393. The third kappa shape index (κ3) is 5.37. The normalized spacial score (nSPS) is 16.6. The van der Waals surface area contributed by atoms with Crippen LogP contribution in [0.3, 0.4) is 0 Å². The molecule has 0 atom stereocenters. The first kappa shape index (κ1) is 21.9. The molecule has 2 aliphatic rings. The highest BCUT2D eigenvalue weighted by atomic mass is 16.5.